The van der Waals surface area contributed by atoms with Crippen LogP contribution in [0.4, 0.5) is 0 Å². The predicted molar refractivity (Wildman–Crippen MR) is 84.8 cm³/mol. The molecule has 9 heteroatoms. The molecule has 0 bridgehead atoms. The highest BCUT2D eigenvalue weighted by molar-refractivity contribution is 5.91. The summed E-state index contributed by atoms with van der Waals surface area (Å²) in [5, 5.41) is 17.9. The van der Waals surface area contributed by atoms with Gasteiger partial charge in [-0.1, -0.05) is 5.16 Å². The van der Waals surface area contributed by atoms with Crippen LogP contribution in [-0.4, -0.2) is 47.0 Å². The van der Waals surface area contributed by atoms with Crippen molar-refractivity contribution in [2.24, 2.45) is 5.92 Å². The van der Waals surface area contributed by atoms with E-state index in [2.05, 4.69) is 26.0 Å². The van der Waals surface area contributed by atoms with Crippen LogP contribution in [0.2, 0.25) is 0 Å². The van der Waals surface area contributed by atoms with Gasteiger partial charge in [0.15, 0.2) is 0 Å². The Labute approximate surface area is 144 Å². The molecule has 1 atom stereocenters. The van der Waals surface area contributed by atoms with Gasteiger partial charge in [0.1, 0.15) is 6.10 Å². The molecular formula is C16H21N5O4. The van der Waals surface area contributed by atoms with Crippen molar-refractivity contribution in [2.45, 2.75) is 37.8 Å². The van der Waals surface area contributed by atoms with E-state index in [9.17, 15) is 4.79 Å². The van der Waals surface area contributed by atoms with Crippen LogP contribution >= 0.6 is 0 Å². The van der Waals surface area contributed by atoms with Crippen LogP contribution in [0, 0.1) is 5.92 Å². The van der Waals surface area contributed by atoms with E-state index in [1.807, 2.05) is 6.92 Å². The van der Waals surface area contributed by atoms with E-state index in [0.717, 1.165) is 25.9 Å². The lowest BCUT2D eigenvalue weighted by Crippen LogP contribution is -2.44. The molecule has 9 nitrogen and oxygen atoms in total. The Morgan fingerprint density at radius 1 is 1.44 bits per heavy atom. The number of aromatic nitrogens is 3. The fourth-order valence-corrected chi connectivity index (χ4v) is 2.92. The summed E-state index contributed by atoms with van der Waals surface area (Å²) in [6.07, 6.45) is 2.78. The number of carbonyl (C=O) groups excluding carboxylic acids is 1. The Morgan fingerprint density at radius 2 is 2.28 bits per heavy atom. The van der Waals surface area contributed by atoms with E-state index < -0.39 is 0 Å². The molecule has 1 saturated heterocycles. The van der Waals surface area contributed by atoms with Crippen molar-refractivity contribution in [3.63, 3.8) is 0 Å². The quantitative estimate of drug-likeness (QED) is 0.763. The van der Waals surface area contributed by atoms with E-state index in [1.54, 1.807) is 0 Å². The predicted octanol–water partition coefficient (Wildman–Crippen LogP) is 1.03. The summed E-state index contributed by atoms with van der Waals surface area (Å²) in [6.45, 7) is 4.63. The Morgan fingerprint density at radius 3 is 2.96 bits per heavy atom. The number of hydrogen-bond donors (Lipinski definition) is 2. The Hall–Kier alpha value is -2.26. The van der Waals surface area contributed by atoms with Gasteiger partial charge in [0.05, 0.1) is 12.8 Å². The van der Waals surface area contributed by atoms with Gasteiger partial charge in [-0.25, -0.2) is 0 Å². The summed E-state index contributed by atoms with van der Waals surface area (Å²) in [5.74, 6) is 1.84. The molecule has 0 aromatic carbocycles. The topological polar surface area (TPSA) is 115 Å². The van der Waals surface area contributed by atoms with E-state index >= 15 is 0 Å². The standard InChI is InChI=1S/C16H21N5O4/c1-9(23-8-10-6-17-7-10)15-20-21-16(24-15)11-4-12(5-11)19-14(22)13-2-3-18-25-13/h2-3,9-12,17H,4-8H2,1H3,(H,19,22)/t9-,11?,12?/m1/s1. The van der Waals surface area contributed by atoms with Gasteiger partial charge in [-0.05, 0) is 19.8 Å². The first kappa shape index (κ1) is 16.2. The first-order valence-corrected chi connectivity index (χ1v) is 8.56. The van der Waals surface area contributed by atoms with Crippen molar-refractivity contribution in [1.82, 2.24) is 26.0 Å². The lowest BCUT2D eigenvalue weighted by Gasteiger charge is -2.33. The van der Waals surface area contributed by atoms with Gasteiger partial charge >= 0.3 is 0 Å². The maximum atomic E-state index is 11.9. The normalized spacial score (nSPS) is 24.4. The van der Waals surface area contributed by atoms with Crippen LogP contribution in [0.5, 0.6) is 0 Å². The van der Waals surface area contributed by atoms with E-state index in [-0.39, 0.29) is 29.7 Å². The highest BCUT2D eigenvalue weighted by Crippen LogP contribution is 2.36. The van der Waals surface area contributed by atoms with Gasteiger partial charge in [0.25, 0.3) is 5.91 Å². The molecule has 1 aliphatic heterocycles. The Bertz CT molecular complexity index is 706. The maximum absolute atomic E-state index is 11.9. The van der Waals surface area contributed by atoms with Crippen LogP contribution < -0.4 is 10.6 Å². The molecule has 2 aliphatic rings. The lowest BCUT2D eigenvalue weighted by molar-refractivity contribution is 0.0113. The SMILES string of the molecule is C[C@@H](OCC1CNC1)c1nnc(C2CC(NC(=O)c3ccno3)C2)o1. The molecule has 2 N–H and O–H groups in total. The minimum Gasteiger partial charge on any atom is -0.422 e. The smallest absolute Gasteiger partial charge is 0.290 e. The molecule has 1 aliphatic carbocycles. The number of nitrogens with zero attached hydrogens (tertiary/aromatic N) is 3. The Kier molecular flexibility index (Phi) is 4.50. The van der Waals surface area contributed by atoms with Gasteiger partial charge in [0.2, 0.25) is 17.5 Å². The fraction of sp³-hybridized carbons (Fsp3) is 0.625. The monoisotopic (exact) mass is 347 g/mol. The van der Waals surface area contributed by atoms with E-state index in [1.165, 1.54) is 12.3 Å². The van der Waals surface area contributed by atoms with E-state index in [0.29, 0.717) is 24.3 Å². The largest absolute Gasteiger partial charge is 0.422 e. The number of carbonyl (C=O) groups is 1. The zero-order chi connectivity index (χ0) is 17.2. The van der Waals surface area contributed by atoms with Crippen molar-refractivity contribution >= 4 is 5.91 Å². The van der Waals surface area contributed by atoms with Crippen LogP contribution in [-0.2, 0) is 4.74 Å². The summed E-state index contributed by atoms with van der Waals surface area (Å²) in [4.78, 5) is 11.9. The average molecular weight is 347 g/mol. The summed E-state index contributed by atoms with van der Waals surface area (Å²) >= 11 is 0. The summed E-state index contributed by atoms with van der Waals surface area (Å²) in [5.41, 5.74) is 0. The third-order valence-electron chi connectivity index (χ3n) is 4.74. The number of nitrogens with one attached hydrogen (secondary N) is 2. The Balaban J connectivity index is 1.24. The number of rotatable bonds is 7. The summed E-state index contributed by atoms with van der Waals surface area (Å²) in [6, 6.07) is 1.62. The highest BCUT2D eigenvalue weighted by Gasteiger charge is 2.36. The van der Waals surface area contributed by atoms with Crippen molar-refractivity contribution in [3.8, 4) is 0 Å². The zero-order valence-electron chi connectivity index (χ0n) is 14.0. The van der Waals surface area contributed by atoms with Crippen molar-refractivity contribution in [3.05, 3.63) is 29.8 Å². The van der Waals surface area contributed by atoms with Crippen molar-refractivity contribution in [2.75, 3.05) is 19.7 Å². The van der Waals surface area contributed by atoms with Crippen molar-refractivity contribution in [1.29, 1.82) is 0 Å². The summed E-state index contributed by atoms with van der Waals surface area (Å²) < 4.78 is 16.4. The van der Waals surface area contributed by atoms with Crippen LogP contribution in [0.3, 0.4) is 0 Å². The van der Waals surface area contributed by atoms with Gasteiger partial charge in [0, 0.05) is 37.0 Å². The van der Waals surface area contributed by atoms with Crippen LogP contribution in [0.25, 0.3) is 0 Å². The van der Waals surface area contributed by atoms with Gasteiger partial charge in [-0.2, -0.15) is 0 Å². The number of hydrogen-bond acceptors (Lipinski definition) is 8. The van der Waals surface area contributed by atoms with Gasteiger partial charge in [-0.15, -0.1) is 10.2 Å². The van der Waals surface area contributed by atoms with Crippen molar-refractivity contribution < 1.29 is 18.5 Å². The number of amides is 1. The lowest BCUT2D eigenvalue weighted by atomic mass is 9.80. The van der Waals surface area contributed by atoms with Gasteiger partial charge in [-0.3, -0.25) is 4.79 Å². The molecule has 25 heavy (non-hydrogen) atoms. The maximum Gasteiger partial charge on any atom is 0.290 e. The number of ether oxygens (including phenoxy) is 1. The highest BCUT2D eigenvalue weighted by atomic mass is 16.5. The molecule has 0 unspecified atom stereocenters. The molecule has 0 spiro atoms. The molecule has 2 fully saturated rings. The third-order valence-corrected chi connectivity index (χ3v) is 4.74. The summed E-state index contributed by atoms with van der Waals surface area (Å²) in [7, 11) is 0. The average Bonchev–Trinajstić information content (AvgIpc) is 3.19. The molecular weight excluding hydrogens is 326 g/mol. The second-order valence-corrected chi connectivity index (χ2v) is 6.69. The van der Waals surface area contributed by atoms with E-state index in [4.69, 9.17) is 13.7 Å². The second-order valence-electron chi connectivity index (χ2n) is 6.69. The second kappa shape index (κ2) is 6.93. The molecule has 3 heterocycles. The molecule has 2 aromatic rings. The molecule has 1 saturated carbocycles. The molecule has 4 rings (SSSR count). The molecule has 1 amide bonds. The first-order valence-electron chi connectivity index (χ1n) is 8.56. The molecule has 0 radical (unpaired) electrons. The minimum atomic E-state index is -0.250. The van der Waals surface area contributed by atoms with Crippen LogP contribution in [0.15, 0.2) is 21.2 Å². The van der Waals surface area contributed by atoms with Crippen LogP contribution in [0.1, 0.15) is 54.1 Å². The zero-order valence-corrected chi connectivity index (χ0v) is 14.0. The molecule has 134 valence electrons. The first-order chi connectivity index (χ1) is 12.2. The minimum absolute atomic E-state index is 0.0812. The fourth-order valence-electron chi connectivity index (χ4n) is 2.92. The van der Waals surface area contributed by atoms with Gasteiger partial charge < -0.3 is 24.3 Å². The third kappa shape index (κ3) is 3.57. The molecule has 2 aromatic heterocycles.